The Bertz CT molecular complexity index is 459. The van der Waals surface area contributed by atoms with Gasteiger partial charge < -0.3 is 21.1 Å². The fourth-order valence-electron chi connectivity index (χ4n) is 2.39. The Morgan fingerprint density at radius 2 is 2.10 bits per heavy atom. The Hall–Kier alpha value is -1.59. The van der Waals surface area contributed by atoms with Crippen molar-refractivity contribution >= 4 is 11.7 Å². The molecular weight excluding hydrogens is 254 g/mol. The van der Waals surface area contributed by atoms with E-state index in [1.54, 1.807) is 4.90 Å². The molecule has 20 heavy (non-hydrogen) atoms. The maximum atomic E-state index is 12.1. The van der Waals surface area contributed by atoms with Crippen LogP contribution < -0.4 is 11.1 Å². The average Bonchev–Trinajstić information content (AvgIpc) is 2.42. The zero-order valence-corrected chi connectivity index (χ0v) is 12.0. The number of aliphatic hydroxyl groups is 1. The van der Waals surface area contributed by atoms with Gasteiger partial charge in [0.15, 0.2) is 0 Å². The van der Waals surface area contributed by atoms with Crippen LogP contribution in [0.1, 0.15) is 31.9 Å². The van der Waals surface area contributed by atoms with E-state index in [4.69, 9.17) is 5.73 Å². The highest BCUT2D eigenvalue weighted by Crippen LogP contribution is 2.19. The SMILES string of the molecule is CC(N)c1ccc(NC(=O)N2CCC(O)C(C)C2)cc1. The molecule has 110 valence electrons. The molecule has 5 nitrogen and oxygen atoms in total. The third kappa shape index (κ3) is 3.49. The number of hydrogen-bond acceptors (Lipinski definition) is 3. The highest BCUT2D eigenvalue weighted by atomic mass is 16.3. The van der Waals surface area contributed by atoms with Crippen molar-refractivity contribution in [3.8, 4) is 0 Å². The summed E-state index contributed by atoms with van der Waals surface area (Å²) in [6, 6.07) is 7.44. The first-order valence-corrected chi connectivity index (χ1v) is 7.07. The minimum atomic E-state index is -0.302. The number of aliphatic hydroxyl groups excluding tert-OH is 1. The molecule has 3 atom stereocenters. The number of carbonyl (C=O) groups excluding carboxylic acids is 1. The lowest BCUT2D eigenvalue weighted by Crippen LogP contribution is -2.46. The summed E-state index contributed by atoms with van der Waals surface area (Å²) < 4.78 is 0. The van der Waals surface area contributed by atoms with Crippen LogP contribution in [-0.2, 0) is 0 Å². The normalized spacial score (nSPS) is 24.3. The van der Waals surface area contributed by atoms with Gasteiger partial charge in [0.2, 0.25) is 0 Å². The summed E-state index contributed by atoms with van der Waals surface area (Å²) in [5.41, 5.74) is 7.59. The van der Waals surface area contributed by atoms with Gasteiger partial charge >= 0.3 is 6.03 Å². The molecule has 2 rings (SSSR count). The number of rotatable bonds is 2. The van der Waals surface area contributed by atoms with Gasteiger partial charge in [0, 0.05) is 24.8 Å². The molecule has 0 spiro atoms. The second-order valence-corrected chi connectivity index (χ2v) is 5.62. The van der Waals surface area contributed by atoms with E-state index in [1.807, 2.05) is 38.1 Å². The summed E-state index contributed by atoms with van der Waals surface area (Å²) in [4.78, 5) is 13.9. The molecule has 1 aromatic rings. The zero-order chi connectivity index (χ0) is 14.7. The Balaban J connectivity index is 1.94. The van der Waals surface area contributed by atoms with E-state index >= 15 is 0 Å². The van der Waals surface area contributed by atoms with Crippen LogP contribution in [0.15, 0.2) is 24.3 Å². The van der Waals surface area contributed by atoms with Crippen LogP contribution in [0.2, 0.25) is 0 Å². The van der Waals surface area contributed by atoms with E-state index in [0.717, 1.165) is 11.3 Å². The van der Waals surface area contributed by atoms with E-state index in [0.29, 0.717) is 19.5 Å². The minimum Gasteiger partial charge on any atom is -0.393 e. The summed E-state index contributed by atoms with van der Waals surface area (Å²) >= 11 is 0. The lowest BCUT2D eigenvalue weighted by molar-refractivity contribution is 0.0506. The van der Waals surface area contributed by atoms with Crippen LogP contribution in [0.5, 0.6) is 0 Å². The van der Waals surface area contributed by atoms with Gasteiger partial charge in [-0.15, -0.1) is 0 Å². The first-order chi connectivity index (χ1) is 9.47. The van der Waals surface area contributed by atoms with E-state index in [9.17, 15) is 9.90 Å². The van der Waals surface area contributed by atoms with Crippen LogP contribution in [-0.4, -0.2) is 35.2 Å². The summed E-state index contributed by atoms with van der Waals surface area (Å²) in [7, 11) is 0. The van der Waals surface area contributed by atoms with Crippen LogP contribution in [0.4, 0.5) is 10.5 Å². The third-order valence-electron chi connectivity index (χ3n) is 3.83. The van der Waals surface area contributed by atoms with Crippen LogP contribution >= 0.6 is 0 Å². The molecule has 0 saturated carbocycles. The number of nitrogens with zero attached hydrogens (tertiary/aromatic N) is 1. The summed E-state index contributed by atoms with van der Waals surface area (Å²) in [5, 5.41) is 12.6. The van der Waals surface area contributed by atoms with Gasteiger partial charge in [-0.3, -0.25) is 0 Å². The Morgan fingerprint density at radius 3 is 2.65 bits per heavy atom. The number of anilines is 1. The number of nitrogens with one attached hydrogen (secondary N) is 1. The molecular formula is C15H23N3O2. The summed E-state index contributed by atoms with van der Waals surface area (Å²) in [5.74, 6) is 0.120. The van der Waals surface area contributed by atoms with Crippen molar-refractivity contribution in [1.29, 1.82) is 0 Å². The van der Waals surface area contributed by atoms with Crippen molar-refractivity contribution in [3.05, 3.63) is 29.8 Å². The molecule has 1 aliphatic heterocycles. The largest absolute Gasteiger partial charge is 0.393 e. The third-order valence-corrected chi connectivity index (χ3v) is 3.83. The lowest BCUT2D eigenvalue weighted by Gasteiger charge is -2.34. The fourth-order valence-corrected chi connectivity index (χ4v) is 2.39. The van der Waals surface area contributed by atoms with Crippen LogP contribution in [0.25, 0.3) is 0 Å². The summed E-state index contributed by atoms with van der Waals surface area (Å²) in [6.07, 6.45) is 0.336. The van der Waals surface area contributed by atoms with Gasteiger partial charge in [-0.2, -0.15) is 0 Å². The van der Waals surface area contributed by atoms with Gasteiger partial charge in [-0.1, -0.05) is 19.1 Å². The highest BCUT2D eigenvalue weighted by molar-refractivity contribution is 5.89. The number of likely N-dealkylation sites (tertiary alicyclic amines) is 1. The van der Waals surface area contributed by atoms with Gasteiger partial charge in [-0.05, 0) is 37.0 Å². The quantitative estimate of drug-likeness (QED) is 0.773. The van der Waals surface area contributed by atoms with Gasteiger partial charge in [0.25, 0.3) is 0 Å². The smallest absolute Gasteiger partial charge is 0.321 e. The van der Waals surface area contributed by atoms with E-state index < -0.39 is 0 Å². The van der Waals surface area contributed by atoms with Crippen molar-refractivity contribution in [2.45, 2.75) is 32.4 Å². The Labute approximate surface area is 119 Å². The van der Waals surface area contributed by atoms with Crippen molar-refractivity contribution in [2.24, 2.45) is 11.7 Å². The Morgan fingerprint density at radius 1 is 1.45 bits per heavy atom. The maximum absolute atomic E-state index is 12.1. The van der Waals surface area contributed by atoms with E-state index in [2.05, 4.69) is 5.32 Å². The summed E-state index contributed by atoms with van der Waals surface area (Å²) in [6.45, 7) is 5.07. The number of amides is 2. The second kappa shape index (κ2) is 6.24. The van der Waals surface area contributed by atoms with E-state index in [-0.39, 0.29) is 24.1 Å². The molecule has 4 N–H and O–H groups in total. The second-order valence-electron chi connectivity index (χ2n) is 5.62. The molecule has 1 heterocycles. The first-order valence-electron chi connectivity index (χ1n) is 7.07. The molecule has 0 aliphatic carbocycles. The number of carbonyl (C=O) groups is 1. The topological polar surface area (TPSA) is 78.6 Å². The Kier molecular flexibility index (Phi) is 4.62. The molecule has 0 radical (unpaired) electrons. The van der Waals surface area contributed by atoms with Crippen molar-refractivity contribution in [3.63, 3.8) is 0 Å². The number of hydrogen-bond donors (Lipinski definition) is 3. The number of nitrogens with two attached hydrogens (primary N) is 1. The molecule has 1 aliphatic rings. The van der Waals surface area contributed by atoms with Crippen LogP contribution in [0, 0.1) is 5.92 Å². The lowest BCUT2D eigenvalue weighted by atomic mass is 9.97. The molecule has 1 aromatic carbocycles. The molecule has 2 amide bonds. The number of piperidine rings is 1. The molecule has 0 bridgehead atoms. The van der Waals surface area contributed by atoms with Crippen LogP contribution in [0.3, 0.4) is 0 Å². The average molecular weight is 277 g/mol. The van der Waals surface area contributed by atoms with Gasteiger partial charge in [-0.25, -0.2) is 4.79 Å². The maximum Gasteiger partial charge on any atom is 0.321 e. The molecule has 3 unspecified atom stereocenters. The molecule has 1 saturated heterocycles. The fraction of sp³-hybridized carbons (Fsp3) is 0.533. The number of benzene rings is 1. The first kappa shape index (κ1) is 14.8. The van der Waals surface area contributed by atoms with Crippen molar-refractivity contribution in [2.75, 3.05) is 18.4 Å². The molecule has 1 fully saturated rings. The van der Waals surface area contributed by atoms with Crippen molar-refractivity contribution < 1.29 is 9.90 Å². The van der Waals surface area contributed by atoms with Crippen molar-refractivity contribution in [1.82, 2.24) is 4.90 Å². The predicted octanol–water partition coefficient (Wildman–Crippen LogP) is 1.94. The monoisotopic (exact) mass is 277 g/mol. The predicted molar refractivity (Wildman–Crippen MR) is 79.4 cm³/mol. The molecule has 5 heteroatoms. The highest BCUT2D eigenvalue weighted by Gasteiger charge is 2.27. The minimum absolute atomic E-state index is 0.0100. The number of urea groups is 1. The zero-order valence-electron chi connectivity index (χ0n) is 12.0. The van der Waals surface area contributed by atoms with Gasteiger partial charge in [0.1, 0.15) is 0 Å². The van der Waals surface area contributed by atoms with E-state index in [1.165, 1.54) is 0 Å². The standard InChI is InChI=1S/C15H23N3O2/c1-10-9-18(8-7-14(10)19)15(20)17-13-5-3-12(4-6-13)11(2)16/h3-6,10-11,14,19H,7-9,16H2,1-2H3,(H,17,20). The molecule has 0 aromatic heterocycles. The van der Waals surface area contributed by atoms with Gasteiger partial charge in [0.05, 0.1) is 6.10 Å².